The highest BCUT2D eigenvalue weighted by Crippen LogP contribution is 2.67. The lowest BCUT2D eigenvalue weighted by atomic mass is 9.61. The van der Waals surface area contributed by atoms with Crippen molar-refractivity contribution in [2.45, 2.75) is 69.2 Å². The number of carboxylic acid groups (broad SMARTS) is 1. The number of carboxylic acids is 1. The number of rotatable bonds is 10. The van der Waals surface area contributed by atoms with Crippen LogP contribution in [0.25, 0.3) is 0 Å². The first kappa shape index (κ1) is 22.9. The molecule has 0 aromatic heterocycles. The van der Waals surface area contributed by atoms with Gasteiger partial charge < -0.3 is 21.3 Å². The van der Waals surface area contributed by atoms with Crippen LogP contribution in [0, 0.1) is 17.3 Å². The molecule has 1 heterocycles. The normalized spacial score (nSPS) is 33.6. The van der Waals surface area contributed by atoms with Crippen LogP contribution in [0.3, 0.4) is 0 Å². The summed E-state index contributed by atoms with van der Waals surface area (Å²) in [7, 11) is 0. The van der Waals surface area contributed by atoms with Crippen LogP contribution in [0.1, 0.15) is 50.5 Å². The van der Waals surface area contributed by atoms with Gasteiger partial charge in [-0.15, -0.1) is 0 Å². The summed E-state index contributed by atoms with van der Waals surface area (Å²) in [6, 6.07) is 7.74. The van der Waals surface area contributed by atoms with Gasteiger partial charge in [0.05, 0.1) is 11.5 Å². The van der Waals surface area contributed by atoms with Crippen molar-refractivity contribution in [3.63, 3.8) is 0 Å². The molecule has 2 bridgehead atoms. The van der Waals surface area contributed by atoms with Crippen LogP contribution in [0.15, 0.2) is 30.3 Å². The highest BCUT2D eigenvalue weighted by Gasteiger charge is 2.77. The Labute approximate surface area is 188 Å². The monoisotopic (exact) mass is 443 g/mol. The van der Waals surface area contributed by atoms with E-state index in [-0.39, 0.29) is 24.2 Å². The molecule has 4 rings (SSSR count). The van der Waals surface area contributed by atoms with Crippen molar-refractivity contribution >= 4 is 17.7 Å². The molecular weight excluding hydrogens is 410 g/mol. The van der Waals surface area contributed by atoms with Crippen molar-refractivity contribution < 1.29 is 24.2 Å². The van der Waals surface area contributed by atoms with Crippen molar-refractivity contribution in [1.29, 1.82) is 0 Å². The summed E-state index contributed by atoms with van der Waals surface area (Å²) in [5.41, 5.74) is 10.4. The molecule has 3 aliphatic rings. The number of aliphatic carboxylic acids is 1. The maximum Gasteiger partial charge on any atom is 0.328 e. The van der Waals surface area contributed by atoms with E-state index in [9.17, 15) is 19.5 Å². The van der Waals surface area contributed by atoms with E-state index >= 15 is 0 Å². The molecule has 32 heavy (non-hydrogen) atoms. The topological polar surface area (TPSA) is 145 Å². The van der Waals surface area contributed by atoms with Gasteiger partial charge in [-0.3, -0.25) is 14.9 Å². The number of benzene rings is 1. The molecule has 0 amide bonds. The fourth-order valence-electron chi connectivity index (χ4n) is 6.51. The SMILES string of the molecule is NCCCCC(N)C(=O)C12CC[C@H](C1)[C@H]1C[C@@H](C(=O)O)N[C@@]12C(=O)OCc1ccccc1. The molecule has 2 unspecified atom stereocenters. The zero-order chi connectivity index (χ0) is 22.9. The number of nitrogens with one attached hydrogen (secondary N) is 1. The summed E-state index contributed by atoms with van der Waals surface area (Å²) < 4.78 is 5.75. The lowest BCUT2D eigenvalue weighted by Crippen LogP contribution is -2.67. The highest BCUT2D eigenvalue weighted by molar-refractivity contribution is 6.00. The predicted molar refractivity (Wildman–Crippen MR) is 117 cm³/mol. The number of carbonyl (C=O) groups is 3. The molecule has 0 spiro atoms. The Morgan fingerprint density at radius 2 is 1.97 bits per heavy atom. The Morgan fingerprint density at radius 1 is 1.22 bits per heavy atom. The maximum absolute atomic E-state index is 13.8. The van der Waals surface area contributed by atoms with Crippen LogP contribution in [0.5, 0.6) is 0 Å². The number of Topliss-reactive ketones (excluding diaryl/α,β-unsaturated/α-hetero) is 1. The van der Waals surface area contributed by atoms with Gasteiger partial charge in [-0.1, -0.05) is 36.8 Å². The molecule has 1 aromatic carbocycles. The molecule has 6 atom stereocenters. The second-order valence-corrected chi connectivity index (χ2v) is 9.59. The number of hydrogen-bond donors (Lipinski definition) is 4. The van der Waals surface area contributed by atoms with E-state index in [1.165, 1.54) is 0 Å². The van der Waals surface area contributed by atoms with E-state index in [4.69, 9.17) is 16.2 Å². The van der Waals surface area contributed by atoms with Gasteiger partial charge in [-0.2, -0.15) is 0 Å². The van der Waals surface area contributed by atoms with E-state index in [1.807, 2.05) is 30.3 Å². The van der Waals surface area contributed by atoms with Crippen LogP contribution in [-0.2, 0) is 25.7 Å². The number of carbonyl (C=O) groups excluding carboxylic acids is 2. The molecule has 174 valence electrons. The lowest BCUT2D eigenvalue weighted by molar-refractivity contribution is -0.165. The van der Waals surface area contributed by atoms with E-state index in [0.717, 1.165) is 24.8 Å². The van der Waals surface area contributed by atoms with Gasteiger partial charge in [0.1, 0.15) is 18.2 Å². The Kier molecular flexibility index (Phi) is 6.38. The molecule has 8 nitrogen and oxygen atoms in total. The summed E-state index contributed by atoms with van der Waals surface area (Å²) >= 11 is 0. The molecule has 1 saturated heterocycles. The highest BCUT2D eigenvalue weighted by atomic mass is 16.5. The summed E-state index contributed by atoms with van der Waals surface area (Å²) in [6.45, 7) is 0.610. The zero-order valence-corrected chi connectivity index (χ0v) is 18.3. The molecule has 8 heteroatoms. The van der Waals surface area contributed by atoms with Gasteiger partial charge in [0, 0.05) is 0 Å². The Hall–Kier alpha value is -2.29. The first-order chi connectivity index (χ1) is 15.4. The molecule has 2 saturated carbocycles. The van der Waals surface area contributed by atoms with Crippen molar-refractivity contribution in [3.8, 4) is 0 Å². The zero-order valence-electron chi connectivity index (χ0n) is 18.3. The maximum atomic E-state index is 13.8. The Morgan fingerprint density at radius 3 is 2.66 bits per heavy atom. The molecule has 2 aliphatic carbocycles. The summed E-state index contributed by atoms with van der Waals surface area (Å²) in [4.78, 5) is 39.3. The number of unbranched alkanes of at least 4 members (excludes halogenated alkanes) is 1. The number of fused-ring (bicyclic) bond motifs is 5. The third kappa shape index (κ3) is 3.54. The first-order valence-corrected chi connectivity index (χ1v) is 11.6. The minimum Gasteiger partial charge on any atom is -0.480 e. The average molecular weight is 444 g/mol. The Bertz CT molecular complexity index is 878. The predicted octanol–water partition coefficient (Wildman–Crippen LogP) is 1.36. The van der Waals surface area contributed by atoms with Crippen LogP contribution in [-0.4, -0.2) is 47.0 Å². The lowest BCUT2D eigenvalue weighted by Gasteiger charge is -2.45. The summed E-state index contributed by atoms with van der Waals surface area (Å²) in [5, 5.41) is 12.8. The van der Waals surface area contributed by atoms with Gasteiger partial charge in [0.25, 0.3) is 0 Å². The second-order valence-electron chi connectivity index (χ2n) is 9.59. The summed E-state index contributed by atoms with van der Waals surface area (Å²) in [5.74, 6) is -1.82. The second kappa shape index (κ2) is 8.92. The van der Waals surface area contributed by atoms with Crippen LogP contribution >= 0.6 is 0 Å². The van der Waals surface area contributed by atoms with E-state index in [1.54, 1.807) is 0 Å². The molecule has 1 aromatic rings. The van der Waals surface area contributed by atoms with E-state index < -0.39 is 35.0 Å². The van der Waals surface area contributed by atoms with Gasteiger partial charge >= 0.3 is 11.9 Å². The molecule has 3 fully saturated rings. The Balaban J connectivity index is 1.64. The third-order valence-corrected chi connectivity index (χ3v) is 7.93. The van der Waals surface area contributed by atoms with Gasteiger partial charge in [0.2, 0.25) is 0 Å². The van der Waals surface area contributed by atoms with Gasteiger partial charge in [-0.05, 0) is 62.5 Å². The molecule has 1 aliphatic heterocycles. The number of ether oxygens (including phenoxy) is 1. The standard InChI is InChI=1S/C24H33N3O5/c25-11-5-4-8-18(26)20(28)23-10-9-16(13-23)17-12-19(21(29)30)27-24(17,23)22(31)32-14-15-6-2-1-3-7-15/h1-3,6-7,16-19,27H,4-5,8-14,25-26H2,(H,29,30)/t16-,17-,18?,19+,23?,24-/m1/s1. The fraction of sp³-hybridized carbons (Fsp3) is 0.625. The first-order valence-electron chi connectivity index (χ1n) is 11.6. The molecular formula is C24H33N3O5. The van der Waals surface area contributed by atoms with Crippen molar-refractivity contribution in [1.82, 2.24) is 5.32 Å². The number of nitrogens with two attached hydrogens (primary N) is 2. The smallest absolute Gasteiger partial charge is 0.328 e. The fourth-order valence-corrected chi connectivity index (χ4v) is 6.51. The quantitative estimate of drug-likeness (QED) is 0.313. The van der Waals surface area contributed by atoms with Crippen molar-refractivity contribution in [2.24, 2.45) is 28.7 Å². The third-order valence-electron chi connectivity index (χ3n) is 7.93. The molecule has 0 radical (unpaired) electrons. The van der Waals surface area contributed by atoms with Crippen LogP contribution in [0.4, 0.5) is 0 Å². The van der Waals surface area contributed by atoms with E-state index in [0.29, 0.717) is 32.2 Å². The van der Waals surface area contributed by atoms with Gasteiger partial charge in [0.15, 0.2) is 5.78 Å². The van der Waals surface area contributed by atoms with Crippen LogP contribution in [0.2, 0.25) is 0 Å². The number of hydrogen-bond acceptors (Lipinski definition) is 7. The van der Waals surface area contributed by atoms with Crippen LogP contribution < -0.4 is 16.8 Å². The van der Waals surface area contributed by atoms with E-state index in [2.05, 4.69) is 5.32 Å². The summed E-state index contributed by atoms with van der Waals surface area (Å²) in [6.07, 6.45) is 4.22. The minimum absolute atomic E-state index is 0.0745. The minimum atomic E-state index is -1.34. The largest absolute Gasteiger partial charge is 0.480 e. The average Bonchev–Trinajstić information content (AvgIpc) is 3.48. The molecule has 6 N–H and O–H groups in total. The number of ketones is 1. The van der Waals surface area contributed by atoms with Crippen molar-refractivity contribution in [3.05, 3.63) is 35.9 Å². The van der Waals surface area contributed by atoms with Gasteiger partial charge in [-0.25, -0.2) is 4.79 Å². The van der Waals surface area contributed by atoms with Crippen molar-refractivity contribution in [2.75, 3.05) is 6.54 Å². The number of esters is 1.